The summed E-state index contributed by atoms with van der Waals surface area (Å²) < 4.78 is 42.9. The van der Waals surface area contributed by atoms with Gasteiger partial charge >= 0.3 is 0 Å². The number of sulfonamides is 1. The van der Waals surface area contributed by atoms with Crippen LogP contribution in [0, 0.1) is 0 Å². The average molecular weight is 429 g/mol. The molecule has 2 N–H and O–H groups in total. The molecular weight excluding hydrogens is 408 g/mol. The number of benzene rings is 2. The fourth-order valence-electron chi connectivity index (χ4n) is 2.36. The van der Waals surface area contributed by atoms with Gasteiger partial charge in [0.15, 0.2) is 11.5 Å². The highest BCUT2D eigenvalue weighted by Crippen LogP contribution is 2.30. The summed E-state index contributed by atoms with van der Waals surface area (Å²) in [4.78, 5) is 12.4. The Morgan fingerprint density at radius 3 is 2.18 bits per heavy atom. The summed E-state index contributed by atoms with van der Waals surface area (Å²) in [6.45, 7) is 1.42. The Morgan fingerprint density at radius 2 is 1.57 bits per heavy atom. The van der Waals surface area contributed by atoms with E-state index in [-0.39, 0.29) is 10.6 Å². The van der Waals surface area contributed by atoms with Crippen LogP contribution in [-0.4, -0.2) is 41.7 Å². The smallest absolute Gasteiger partial charge is 0.242 e. The number of methoxy groups -OCH3 is 3. The maximum absolute atomic E-state index is 12.6. The molecule has 1 amide bonds. The number of hydrogen-bond donors (Lipinski definition) is 2. The zero-order valence-electron chi connectivity index (χ0n) is 15.8. The van der Waals surface area contributed by atoms with Crippen LogP contribution >= 0.6 is 11.6 Å². The van der Waals surface area contributed by atoms with E-state index in [0.717, 1.165) is 0 Å². The minimum Gasteiger partial charge on any atom is -0.495 e. The van der Waals surface area contributed by atoms with Crippen LogP contribution in [0.4, 0.5) is 5.69 Å². The Hall–Kier alpha value is -2.49. The normalized spacial score (nSPS) is 12.2. The van der Waals surface area contributed by atoms with Crippen molar-refractivity contribution in [3.63, 3.8) is 0 Å². The monoisotopic (exact) mass is 428 g/mol. The molecule has 0 fully saturated rings. The largest absolute Gasteiger partial charge is 0.495 e. The second-order valence-corrected chi connectivity index (χ2v) is 7.84. The molecule has 8 nitrogen and oxygen atoms in total. The van der Waals surface area contributed by atoms with Crippen molar-refractivity contribution in [3.05, 3.63) is 41.4 Å². The Balaban J connectivity index is 2.18. The third-order valence-corrected chi connectivity index (χ3v) is 5.58. The number of hydrogen-bond acceptors (Lipinski definition) is 6. The second-order valence-electron chi connectivity index (χ2n) is 5.69. The molecule has 28 heavy (non-hydrogen) atoms. The minimum atomic E-state index is -3.98. The van der Waals surface area contributed by atoms with E-state index in [9.17, 15) is 13.2 Å². The van der Waals surface area contributed by atoms with E-state index in [1.165, 1.54) is 52.5 Å². The highest BCUT2D eigenvalue weighted by Gasteiger charge is 2.24. The zero-order chi connectivity index (χ0) is 20.9. The number of ether oxygens (including phenoxy) is 3. The summed E-state index contributed by atoms with van der Waals surface area (Å²) >= 11 is 5.94. The molecule has 0 aromatic heterocycles. The molecule has 1 unspecified atom stereocenters. The van der Waals surface area contributed by atoms with Crippen molar-refractivity contribution < 1.29 is 27.4 Å². The van der Waals surface area contributed by atoms with Crippen molar-refractivity contribution in [1.82, 2.24) is 4.72 Å². The molecule has 0 aliphatic heterocycles. The number of halogens is 1. The maximum Gasteiger partial charge on any atom is 0.242 e. The number of carbonyl (C=O) groups is 1. The lowest BCUT2D eigenvalue weighted by Crippen LogP contribution is -2.41. The molecule has 0 spiro atoms. The quantitative estimate of drug-likeness (QED) is 0.670. The van der Waals surface area contributed by atoms with Gasteiger partial charge in [-0.05, 0) is 37.3 Å². The number of rotatable bonds is 8. The number of carbonyl (C=O) groups excluding carboxylic acids is 1. The van der Waals surface area contributed by atoms with Gasteiger partial charge in [-0.3, -0.25) is 4.79 Å². The predicted molar refractivity (Wildman–Crippen MR) is 106 cm³/mol. The Labute approximate surface area is 168 Å². The molecule has 0 aliphatic carbocycles. The highest BCUT2D eigenvalue weighted by molar-refractivity contribution is 7.89. The summed E-state index contributed by atoms with van der Waals surface area (Å²) in [5.74, 6) is 0.462. The molecule has 0 saturated carbocycles. The number of nitrogens with one attached hydrogen (secondary N) is 2. The fourth-order valence-corrected chi connectivity index (χ4v) is 3.75. The van der Waals surface area contributed by atoms with Crippen LogP contribution in [0.1, 0.15) is 6.92 Å². The first kappa shape index (κ1) is 21.8. The first-order chi connectivity index (χ1) is 13.2. The molecule has 0 bridgehead atoms. The van der Waals surface area contributed by atoms with E-state index in [2.05, 4.69) is 10.0 Å². The van der Waals surface area contributed by atoms with Gasteiger partial charge < -0.3 is 19.5 Å². The third kappa shape index (κ3) is 5.06. The van der Waals surface area contributed by atoms with Crippen molar-refractivity contribution in [2.24, 2.45) is 0 Å². The lowest BCUT2D eigenvalue weighted by atomic mass is 10.2. The van der Waals surface area contributed by atoms with E-state index in [0.29, 0.717) is 22.2 Å². The van der Waals surface area contributed by atoms with E-state index < -0.39 is 22.0 Å². The van der Waals surface area contributed by atoms with Crippen LogP contribution in [0.15, 0.2) is 41.3 Å². The Kier molecular flexibility index (Phi) is 7.11. The lowest BCUT2D eigenvalue weighted by molar-refractivity contribution is -0.117. The molecule has 0 radical (unpaired) electrons. The van der Waals surface area contributed by atoms with Crippen LogP contribution in [-0.2, 0) is 14.8 Å². The topological polar surface area (TPSA) is 103 Å². The summed E-state index contributed by atoms with van der Waals surface area (Å²) in [5, 5.41) is 2.99. The van der Waals surface area contributed by atoms with Gasteiger partial charge in [-0.15, -0.1) is 0 Å². The first-order valence-electron chi connectivity index (χ1n) is 8.10. The Morgan fingerprint density at radius 1 is 0.964 bits per heavy atom. The number of amides is 1. The SMILES string of the molecule is COc1ccc(Cl)cc1NC(=O)C(C)NS(=O)(=O)c1ccc(OC)c(OC)c1. The molecule has 2 aromatic rings. The molecule has 10 heteroatoms. The van der Waals surface area contributed by atoms with Crippen LogP contribution in [0.2, 0.25) is 5.02 Å². The van der Waals surface area contributed by atoms with Gasteiger partial charge in [0.1, 0.15) is 5.75 Å². The first-order valence-corrected chi connectivity index (χ1v) is 9.96. The van der Waals surface area contributed by atoms with Gasteiger partial charge in [-0.25, -0.2) is 8.42 Å². The average Bonchev–Trinajstić information content (AvgIpc) is 2.67. The molecular formula is C18H21ClN2O6S. The van der Waals surface area contributed by atoms with Crippen molar-refractivity contribution in [1.29, 1.82) is 0 Å². The summed E-state index contributed by atoms with van der Waals surface area (Å²) in [6, 6.07) is 7.78. The van der Waals surface area contributed by atoms with Crippen molar-refractivity contribution in [2.75, 3.05) is 26.6 Å². The van der Waals surface area contributed by atoms with Crippen LogP contribution < -0.4 is 24.2 Å². The van der Waals surface area contributed by atoms with E-state index in [4.69, 9.17) is 25.8 Å². The zero-order valence-corrected chi connectivity index (χ0v) is 17.3. The van der Waals surface area contributed by atoms with Crippen molar-refractivity contribution in [2.45, 2.75) is 17.9 Å². The van der Waals surface area contributed by atoms with Gasteiger partial charge in [0.25, 0.3) is 0 Å². The predicted octanol–water partition coefficient (Wildman–Crippen LogP) is 2.67. The fraction of sp³-hybridized carbons (Fsp3) is 0.278. The molecule has 0 aliphatic rings. The number of anilines is 1. The van der Waals surface area contributed by atoms with Crippen LogP contribution in [0.5, 0.6) is 17.2 Å². The third-order valence-electron chi connectivity index (χ3n) is 3.81. The van der Waals surface area contributed by atoms with Crippen LogP contribution in [0.3, 0.4) is 0 Å². The van der Waals surface area contributed by atoms with Crippen molar-refractivity contribution in [3.8, 4) is 17.2 Å². The molecule has 152 valence electrons. The molecule has 0 heterocycles. The van der Waals surface area contributed by atoms with Crippen LogP contribution in [0.25, 0.3) is 0 Å². The van der Waals surface area contributed by atoms with Gasteiger partial charge in [-0.2, -0.15) is 4.72 Å². The summed E-state index contributed by atoms with van der Waals surface area (Å²) in [5.41, 5.74) is 0.331. The lowest BCUT2D eigenvalue weighted by Gasteiger charge is -2.17. The van der Waals surface area contributed by atoms with Gasteiger partial charge in [0.05, 0.1) is 38.0 Å². The van der Waals surface area contributed by atoms with Gasteiger partial charge in [-0.1, -0.05) is 11.6 Å². The van der Waals surface area contributed by atoms with Gasteiger partial charge in [0, 0.05) is 11.1 Å². The van der Waals surface area contributed by atoms with E-state index in [1.807, 2.05) is 0 Å². The second kappa shape index (κ2) is 9.13. The molecule has 1 atom stereocenters. The molecule has 2 rings (SSSR count). The minimum absolute atomic E-state index is 0.0647. The van der Waals surface area contributed by atoms with E-state index >= 15 is 0 Å². The molecule has 0 saturated heterocycles. The van der Waals surface area contributed by atoms with Gasteiger partial charge in [0.2, 0.25) is 15.9 Å². The summed E-state index contributed by atoms with van der Waals surface area (Å²) in [6.07, 6.45) is 0. The van der Waals surface area contributed by atoms with E-state index in [1.54, 1.807) is 12.1 Å². The summed E-state index contributed by atoms with van der Waals surface area (Å²) in [7, 11) is 0.309. The maximum atomic E-state index is 12.6. The molecule has 2 aromatic carbocycles. The Bertz CT molecular complexity index is 965. The van der Waals surface area contributed by atoms with Crippen molar-refractivity contribution >= 4 is 33.2 Å². The highest BCUT2D eigenvalue weighted by atomic mass is 35.5. The standard InChI is InChI=1S/C18H21ClN2O6S/c1-11(18(22)20-14-9-12(19)5-7-15(14)25-2)21-28(23,24)13-6-8-16(26-3)17(10-13)27-4/h5-11,21H,1-4H3,(H,20,22).